The summed E-state index contributed by atoms with van der Waals surface area (Å²) in [6.45, 7) is 3.29. The minimum atomic E-state index is -1.17. The normalized spacial score (nSPS) is 20.3. The number of phenolic OH excluding ortho intramolecular Hbond substituents is 1. The van der Waals surface area contributed by atoms with Crippen LogP contribution in [0, 0.1) is 0 Å². The highest BCUT2D eigenvalue weighted by molar-refractivity contribution is 6.00. The summed E-state index contributed by atoms with van der Waals surface area (Å²) >= 11 is 0. The van der Waals surface area contributed by atoms with Crippen LogP contribution in [0.2, 0.25) is 0 Å². The lowest BCUT2D eigenvalue weighted by atomic mass is 9.92. The summed E-state index contributed by atoms with van der Waals surface area (Å²) in [5.74, 6) is -1.01. The van der Waals surface area contributed by atoms with Crippen LogP contribution in [0.1, 0.15) is 29.8 Å². The second-order valence-corrected chi connectivity index (χ2v) is 8.91. The van der Waals surface area contributed by atoms with Crippen LogP contribution in [-0.4, -0.2) is 47.0 Å². The molecule has 0 saturated carbocycles. The number of ketones is 1. The zero-order chi connectivity index (χ0) is 25.0. The van der Waals surface area contributed by atoms with Gasteiger partial charge in [-0.1, -0.05) is 54.6 Å². The molecule has 3 atom stereocenters. The van der Waals surface area contributed by atoms with Crippen LogP contribution in [0.15, 0.2) is 78.9 Å². The van der Waals surface area contributed by atoms with E-state index in [1.807, 2.05) is 42.5 Å². The Labute approximate surface area is 204 Å². The largest absolute Gasteiger partial charge is 0.508 e. The van der Waals surface area contributed by atoms with Crippen LogP contribution < -0.4 is 10.6 Å². The van der Waals surface area contributed by atoms with Gasteiger partial charge in [0.15, 0.2) is 5.78 Å². The average molecular weight is 473 g/mol. The van der Waals surface area contributed by atoms with Gasteiger partial charge >= 0.3 is 0 Å². The molecule has 4 rings (SSSR count). The molecular formula is C28H28N2O5. The van der Waals surface area contributed by atoms with Crippen molar-refractivity contribution < 1.29 is 24.2 Å². The molecule has 0 radical (unpaired) electrons. The number of rotatable bonds is 7. The molecule has 1 aliphatic rings. The van der Waals surface area contributed by atoms with Crippen LogP contribution in [0.25, 0.3) is 11.1 Å². The molecule has 1 aliphatic heterocycles. The molecule has 1 saturated heterocycles. The Hall–Kier alpha value is -3.97. The van der Waals surface area contributed by atoms with E-state index in [1.54, 1.807) is 38.1 Å². The van der Waals surface area contributed by atoms with Gasteiger partial charge in [-0.3, -0.25) is 14.4 Å². The first-order chi connectivity index (χ1) is 16.8. The van der Waals surface area contributed by atoms with E-state index in [0.29, 0.717) is 5.56 Å². The molecule has 0 spiro atoms. The maximum absolute atomic E-state index is 13.3. The van der Waals surface area contributed by atoms with Gasteiger partial charge in [-0.25, -0.2) is 0 Å². The number of nitrogens with one attached hydrogen (secondary N) is 2. The molecule has 3 aromatic carbocycles. The average Bonchev–Trinajstić information content (AvgIpc) is 3.12. The van der Waals surface area contributed by atoms with Gasteiger partial charge in [0.2, 0.25) is 5.91 Å². The van der Waals surface area contributed by atoms with Gasteiger partial charge in [0.05, 0.1) is 6.10 Å². The van der Waals surface area contributed by atoms with Crippen LogP contribution in [0.5, 0.6) is 5.75 Å². The van der Waals surface area contributed by atoms with Crippen LogP contribution in [0.4, 0.5) is 0 Å². The summed E-state index contributed by atoms with van der Waals surface area (Å²) in [6, 6.07) is 22.4. The third kappa shape index (κ3) is 5.41. The monoisotopic (exact) mass is 472 g/mol. The van der Waals surface area contributed by atoms with Crippen LogP contribution in [0.3, 0.4) is 0 Å². The van der Waals surface area contributed by atoms with E-state index >= 15 is 0 Å². The van der Waals surface area contributed by atoms with E-state index in [0.717, 1.165) is 16.7 Å². The molecule has 0 aromatic heterocycles. The fourth-order valence-electron chi connectivity index (χ4n) is 4.02. The topological polar surface area (TPSA) is 105 Å². The maximum atomic E-state index is 13.3. The molecule has 7 heteroatoms. The van der Waals surface area contributed by atoms with Gasteiger partial charge in [-0.2, -0.15) is 0 Å². The SMILES string of the molecule is CC1OCC(=O)[C@]1(C)NC(=O)[C@H](Cc1ccc(O)cc1)NC(=O)c1ccc(-c2ccccc2)cc1. The van der Waals surface area contributed by atoms with E-state index < -0.39 is 29.5 Å². The van der Waals surface area contributed by atoms with Crippen molar-refractivity contribution >= 4 is 17.6 Å². The standard InChI is InChI=1S/C28H28N2O5/c1-18-28(2,25(32)17-35-18)30-27(34)24(16-19-8-14-23(31)15-9-19)29-26(33)22-12-10-21(11-13-22)20-6-4-3-5-7-20/h3-15,18,24,31H,16-17H2,1-2H3,(H,29,33)(H,30,34)/t18?,24-,28+/m0/s1. The van der Waals surface area contributed by atoms with Gasteiger partial charge in [0, 0.05) is 12.0 Å². The third-order valence-electron chi connectivity index (χ3n) is 6.49. The number of Topliss-reactive ketones (excluding diaryl/α,β-unsaturated/α-hetero) is 1. The summed E-state index contributed by atoms with van der Waals surface area (Å²) in [5.41, 5.74) is 1.99. The molecule has 2 amide bonds. The van der Waals surface area contributed by atoms with E-state index in [4.69, 9.17) is 4.74 Å². The molecule has 0 aliphatic carbocycles. The molecule has 1 fully saturated rings. The van der Waals surface area contributed by atoms with Crippen LogP contribution in [-0.2, 0) is 20.7 Å². The summed E-state index contributed by atoms with van der Waals surface area (Å²) in [6.07, 6.45) is -0.311. The third-order valence-corrected chi connectivity index (χ3v) is 6.49. The lowest BCUT2D eigenvalue weighted by Gasteiger charge is -2.30. The summed E-state index contributed by atoms with van der Waals surface area (Å²) in [5, 5.41) is 15.2. The molecule has 0 bridgehead atoms. The lowest BCUT2D eigenvalue weighted by molar-refractivity contribution is -0.130. The first-order valence-electron chi connectivity index (χ1n) is 11.5. The number of ether oxygens (including phenoxy) is 1. The van der Waals surface area contributed by atoms with Gasteiger partial charge in [-0.15, -0.1) is 0 Å². The number of hydrogen-bond donors (Lipinski definition) is 3. The molecule has 3 aromatic rings. The predicted octanol–water partition coefficient (Wildman–Crippen LogP) is 3.26. The van der Waals surface area contributed by atoms with Gasteiger partial charge < -0.3 is 20.5 Å². The number of carbonyl (C=O) groups is 3. The Bertz CT molecular complexity index is 1210. The first kappa shape index (κ1) is 24.2. The molecule has 35 heavy (non-hydrogen) atoms. The molecule has 1 heterocycles. The smallest absolute Gasteiger partial charge is 0.251 e. The van der Waals surface area contributed by atoms with Gasteiger partial charge in [0.25, 0.3) is 5.91 Å². The lowest BCUT2D eigenvalue weighted by Crippen LogP contribution is -2.60. The van der Waals surface area contributed by atoms with Crippen molar-refractivity contribution in [2.24, 2.45) is 0 Å². The molecule has 3 N–H and O–H groups in total. The molecular weight excluding hydrogens is 444 g/mol. The van der Waals surface area contributed by atoms with E-state index in [1.165, 1.54) is 12.1 Å². The Morgan fingerprint density at radius 1 is 1.00 bits per heavy atom. The van der Waals surface area contributed by atoms with Gasteiger partial charge in [-0.05, 0) is 54.8 Å². The number of aromatic hydroxyl groups is 1. The first-order valence-corrected chi connectivity index (χ1v) is 11.5. The number of amides is 2. The number of phenols is 1. The van der Waals surface area contributed by atoms with E-state index in [-0.39, 0.29) is 24.6 Å². The highest BCUT2D eigenvalue weighted by Crippen LogP contribution is 2.23. The van der Waals surface area contributed by atoms with Crippen molar-refractivity contribution in [1.29, 1.82) is 0 Å². The van der Waals surface area contributed by atoms with Crippen LogP contribution >= 0.6 is 0 Å². The summed E-state index contributed by atoms with van der Waals surface area (Å²) < 4.78 is 5.41. The van der Waals surface area contributed by atoms with Gasteiger partial charge in [0.1, 0.15) is 23.9 Å². The minimum Gasteiger partial charge on any atom is -0.508 e. The van der Waals surface area contributed by atoms with Crippen molar-refractivity contribution in [3.05, 3.63) is 90.0 Å². The molecule has 1 unspecified atom stereocenters. The number of hydrogen-bond acceptors (Lipinski definition) is 5. The predicted molar refractivity (Wildman–Crippen MR) is 132 cm³/mol. The zero-order valence-electron chi connectivity index (χ0n) is 19.7. The fraction of sp³-hybridized carbons (Fsp3) is 0.250. The Morgan fingerprint density at radius 3 is 2.23 bits per heavy atom. The fourth-order valence-corrected chi connectivity index (χ4v) is 4.02. The summed E-state index contributed by atoms with van der Waals surface area (Å²) in [7, 11) is 0. The quantitative estimate of drug-likeness (QED) is 0.490. The number of carbonyl (C=O) groups excluding carboxylic acids is 3. The maximum Gasteiger partial charge on any atom is 0.251 e. The second kappa shape index (κ2) is 10.1. The molecule has 7 nitrogen and oxygen atoms in total. The minimum absolute atomic E-state index is 0.0688. The highest BCUT2D eigenvalue weighted by Gasteiger charge is 2.47. The number of benzene rings is 3. The van der Waals surface area contributed by atoms with Crippen molar-refractivity contribution in [3.8, 4) is 16.9 Å². The van der Waals surface area contributed by atoms with Crippen molar-refractivity contribution in [2.75, 3.05) is 6.61 Å². The highest BCUT2D eigenvalue weighted by atomic mass is 16.5. The van der Waals surface area contributed by atoms with E-state index in [9.17, 15) is 19.5 Å². The van der Waals surface area contributed by atoms with E-state index in [2.05, 4.69) is 10.6 Å². The Morgan fingerprint density at radius 2 is 1.63 bits per heavy atom. The Balaban J connectivity index is 1.53. The second-order valence-electron chi connectivity index (χ2n) is 8.91. The van der Waals surface area contributed by atoms with Crippen molar-refractivity contribution in [3.63, 3.8) is 0 Å². The molecule has 180 valence electrons. The zero-order valence-corrected chi connectivity index (χ0v) is 19.7. The summed E-state index contributed by atoms with van der Waals surface area (Å²) in [4.78, 5) is 38.8. The van der Waals surface area contributed by atoms with Crippen molar-refractivity contribution in [1.82, 2.24) is 10.6 Å². The Kier molecular flexibility index (Phi) is 6.98. The van der Waals surface area contributed by atoms with Crippen molar-refractivity contribution in [2.45, 2.75) is 38.0 Å².